The number of rotatable bonds is 6. The molecule has 32 heavy (non-hydrogen) atoms. The van der Waals surface area contributed by atoms with Gasteiger partial charge in [0, 0.05) is 48.5 Å². The molecule has 168 valence electrons. The van der Waals surface area contributed by atoms with E-state index < -0.39 is 0 Å². The van der Waals surface area contributed by atoms with E-state index >= 15 is 0 Å². The Hall–Kier alpha value is -2.55. The van der Waals surface area contributed by atoms with E-state index in [0.29, 0.717) is 10.8 Å². The summed E-state index contributed by atoms with van der Waals surface area (Å²) in [5, 5.41) is 9.02. The Labute approximate surface area is 196 Å². The third kappa shape index (κ3) is 5.62. The van der Waals surface area contributed by atoms with Crippen LogP contribution in [0.3, 0.4) is 0 Å². The molecule has 0 radical (unpaired) electrons. The van der Waals surface area contributed by atoms with Crippen LogP contribution in [0.2, 0.25) is 0 Å². The third-order valence-electron chi connectivity index (χ3n) is 5.65. The largest absolute Gasteiger partial charge is 0.369 e. The molecule has 3 aromatic rings. The van der Waals surface area contributed by atoms with E-state index in [0.717, 1.165) is 31.9 Å². The van der Waals surface area contributed by atoms with Crippen LogP contribution in [0, 0.1) is 11.6 Å². The predicted octanol–water partition coefficient (Wildman–Crippen LogP) is 5.26. The Balaban J connectivity index is 1.41. The summed E-state index contributed by atoms with van der Waals surface area (Å²) in [6, 6.07) is 17.4. The molecule has 2 aromatic carbocycles. The summed E-state index contributed by atoms with van der Waals surface area (Å²) < 4.78 is 26.7. The Morgan fingerprint density at radius 1 is 0.969 bits per heavy atom. The van der Waals surface area contributed by atoms with Crippen molar-refractivity contribution in [3.63, 3.8) is 0 Å². The van der Waals surface area contributed by atoms with Gasteiger partial charge in [-0.25, -0.2) is 8.78 Å². The van der Waals surface area contributed by atoms with Gasteiger partial charge in [-0.1, -0.05) is 12.1 Å². The second-order valence-corrected chi connectivity index (χ2v) is 9.24. The first kappa shape index (κ1) is 22.6. The monoisotopic (exact) mass is 472 g/mol. The predicted molar refractivity (Wildman–Crippen MR) is 132 cm³/mol. The number of anilines is 2. The maximum atomic E-state index is 13.5. The van der Waals surface area contributed by atoms with Crippen molar-refractivity contribution >= 4 is 40.0 Å². The van der Waals surface area contributed by atoms with Gasteiger partial charge in [-0.3, -0.25) is 4.90 Å². The fraction of sp³-hybridized carbons (Fsp3) is 0.292. The van der Waals surface area contributed by atoms with E-state index in [1.807, 2.05) is 12.1 Å². The Kier molecular flexibility index (Phi) is 7.34. The fourth-order valence-electron chi connectivity index (χ4n) is 4.13. The molecule has 1 aromatic heterocycles. The van der Waals surface area contributed by atoms with Gasteiger partial charge in [-0.2, -0.15) is 0 Å². The van der Waals surface area contributed by atoms with Crippen LogP contribution in [-0.2, 0) is 0 Å². The van der Waals surface area contributed by atoms with Crippen molar-refractivity contribution in [2.75, 3.05) is 36.4 Å². The molecule has 1 fully saturated rings. The Bertz CT molecular complexity index is 1020. The van der Waals surface area contributed by atoms with E-state index in [-0.39, 0.29) is 23.7 Å². The second kappa shape index (κ2) is 10.4. The average Bonchev–Trinajstić information content (AvgIpc) is 3.29. The van der Waals surface area contributed by atoms with Crippen molar-refractivity contribution in [1.82, 2.24) is 10.2 Å². The maximum Gasteiger partial charge on any atom is 0.171 e. The molecule has 1 aliphatic rings. The van der Waals surface area contributed by atoms with Crippen LogP contribution in [0.25, 0.3) is 0 Å². The highest BCUT2D eigenvalue weighted by Gasteiger charge is 2.30. The van der Waals surface area contributed by atoms with E-state index in [4.69, 9.17) is 12.2 Å². The van der Waals surface area contributed by atoms with Crippen LogP contribution < -0.4 is 15.5 Å². The van der Waals surface area contributed by atoms with Gasteiger partial charge in [0.2, 0.25) is 0 Å². The minimum Gasteiger partial charge on any atom is -0.369 e. The van der Waals surface area contributed by atoms with Crippen LogP contribution in [0.15, 0.2) is 66.0 Å². The van der Waals surface area contributed by atoms with Gasteiger partial charge in [0.1, 0.15) is 11.6 Å². The molecular weight excluding hydrogens is 446 g/mol. The lowest BCUT2D eigenvalue weighted by Crippen LogP contribution is -2.52. The molecule has 0 aliphatic carbocycles. The summed E-state index contributed by atoms with van der Waals surface area (Å²) in [6.07, 6.45) is 0. The zero-order valence-corrected chi connectivity index (χ0v) is 19.4. The molecule has 2 atom stereocenters. The van der Waals surface area contributed by atoms with Crippen molar-refractivity contribution in [3.05, 3.63) is 82.6 Å². The molecule has 0 unspecified atom stereocenters. The zero-order chi connectivity index (χ0) is 22.5. The van der Waals surface area contributed by atoms with Gasteiger partial charge in [0.05, 0.1) is 6.04 Å². The van der Waals surface area contributed by atoms with Gasteiger partial charge >= 0.3 is 0 Å². The number of nitrogens with zero attached hydrogens (tertiary/aromatic N) is 2. The molecule has 0 bridgehead atoms. The van der Waals surface area contributed by atoms with E-state index in [2.05, 4.69) is 44.9 Å². The standard InChI is InChI=1S/C24H26F2N4S2/c1-17(27-24(31)28-20-5-2-4-19(26)16-20)23(22-6-3-15-32-22)30-13-11-29(12-14-30)21-9-7-18(25)8-10-21/h2-10,15-17,23H,11-14H2,1H3,(H2,27,28,31)/t17-,23+/m0/s1. The lowest BCUT2D eigenvalue weighted by molar-refractivity contribution is 0.163. The minimum absolute atomic E-state index is 0.0413. The van der Waals surface area contributed by atoms with Crippen LogP contribution in [0.4, 0.5) is 20.2 Å². The van der Waals surface area contributed by atoms with E-state index in [1.165, 1.54) is 29.1 Å². The number of hydrogen-bond acceptors (Lipinski definition) is 4. The highest BCUT2D eigenvalue weighted by Crippen LogP contribution is 2.30. The topological polar surface area (TPSA) is 30.5 Å². The van der Waals surface area contributed by atoms with Crippen LogP contribution in [0.5, 0.6) is 0 Å². The number of thiophene rings is 1. The second-order valence-electron chi connectivity index (χ2n) is 7.86. The van der Waals surface area contributed by atoms with Crippen molar-refractivity contribution in [3.8, 4) is 0 Å². The highest BCUT2D eigenvalue weighted by molar-refractivity contribution is 7.80. The summed E-state index contributed by atoms with van der Waals surface area (Å²) in [7, 11) is 0. The molecule has 4 rings (SSSR count). The van der Waals surface area contributed by atoms with Gasteiger partial charge in [0.15, 0.2) is 5.11 Å². The van der Waals surface area contributed by atoms with Crippen molar-refractivity contribution < 1.29 is 8.78 Å². The molecule has 1 saturated heterocycles. The fourth-order valence-corrected chi connectivity index (χ4v) is 5.40. The summed E-state index contributed by atoms with van der Waals surface area (Å²) in [5.41, 5.74) is 1.67. The van der Waals surface area contributed by atoms with Crippen LogP contribution >= 0.6 is 23.6 Å². The lowest BCUT2D eigenvalue weighted by atomic mass is 10.0. The number of halogens is 2. The summed E-state index contributed by atoms with van der Waals surface area (Å²) in [6.45, 7) is 5.63. The van der Waals surface area contributed by atoms with E-state index in [1.54, 1.807) is 23.5 Å². The van der Waals surface area contributed by atoms with Crippen LogP contribution in [-0.4, -0.2) is 42.2 Å². The first-order valence-electron chi connectivity index (χ1n) is 10.6. The minimum atomic E-state index is -0.304. The van der Waals surface area contributed by atoms with Crippen molar-refractivity contribution in [2.45, 2.75) is 19.0 Å². The number of thiocarbonyl (C=S) groups is 1. The number of hydrogen-bond donors (Lipinski definition) is 2. The highest BCUT2D eigenvalue weighted by atomic mass is 32.1. The average molecular weight is 473 g/mol. The zero-order valence-electron chi connectivity index (χ0n) is 17.8. The lowest BCUT2D eigenvalue weighted by Gasteiger charge is -2.42. The SMILES string of the molecule is C[C@H](NC(=S)Nc1cccc(F)c1)[C@H](c1cccs1)N1CCN(c2ccc(F)cc2)CC1. The summed E-state index contributed by atoms with van der Waals surface area (Å²) in [4.78, 5) is 6.03. The molecule has 4 nitrogen and oxygen atoms in total. The Morgan fingerprint density at radius 2 is 1.72 bits per heavy atom. The molecule has 2 N–H and O–H groups in total. The molecule has 0 saturated carbocycles. The van der Waals surface area contributed by atoms with Crippen molar-refractivity contribution in [1.29, 1.82) is 0 Å². The smallest absolute Gasteiger partial charge is 0.171 e. The first-order valence-corrected chi connectivity index (χ1v) is 11.9. The molecule has 0 amide bonds. The maximum absolute atomic E-state index is 13.5. The number of piperazine rings is 1. The normalized spacial score (nSPS) is 16.4. The number of nitrogens with one attached hydrogen (secondary N) is 2. The summed E-state index contributed by atoms with van der Waals surface area (Å²) in [5.74, 6) is -0.519. The van der Waals surface area contributed by atoms with Crippen molar-refractivity contribution in [2.24, 2.45) is 0 Å². The van der Waals surface area contributed by atoms with Crippen LogP contribution in [0.1, 0.15) is 17.8 Å². The van der Waals surface area contributed by atoms with Gasteiger partial charge in [0.25, 0.3) is 0 Å². The quantitative estimate of drug-likeness (QED) is 0.478. The molecule has 8 heteroatoms. The summed E-state index contributed by atoms with van der Waals surface area (Å²) >= 11 is 7.23. The molecule has 1 aliphatic heterocycles. The van der Waals surface area contributed by atoms with Gasteiger partial charge < -0.3 is 15.5 Å². The Morgan fingerprint density at radius 3 is 2.38 bits per heavy atom. The molecular formula is C24H26F2N4S2. The number of benzene rings is 2. The molecule has 0 spiro atoms. The van der Waals surface area contributed by atoms with E-state index in [9.17, 15) is 8.78 Å². The van der Waals surface area contributed by atoms with Gasteiger partial charge in [-0.05, 0) is 73.1 Å². The third-order valence-corrected chi connectivity index (χ3v) is 6.81. The molecule has 2 heterocycles. The van der Waals surface area contributed by atoms with Gasteiger partial charge in [-0.15, -0.1) is 11.3 Å². The first-order chi connectivity index (χ1) is 15.5.